The molecule has 1 atom stereocenters. The molecule has 0 aromatic rings. The molecule has 2 N–H and O–H groups in total. The maximum absolute atomic E-state index is 6.18. The van der Waals surface area contributed by atoms with Gasteiger partial charge in [-0.25, -0.2) is 0 Å². The smallest absolute Gasteiger partial charge is 0.0159 e. The van der Waals surface area contributed by atoms with Crippen LogP contribution in [0.4, 0.5) is 0 Å². The lowest BCUT2D eigenvalue weighted by atomic mass is 9.85. The predicted octanol–water partition coefficient (Wildman–Crippen LogP) is 3.04. The van der Waals surface area contributed by atoms with E-state index in [-0.39, 0.29) is 0 Å². The third-order valence-corrected chi connectivity index (χ3v) is 4.12. The first-order chi connectivity index (χ1) is 6.20. The Kier molecular flexibility index (Phi) is 5.18. The van der Waals surface area contributed by atoms with Crippen LogP contribution in [0.2, 0.25) is 0 Å². The zero-order valence-electron chi connectivity index (χ0n) is 8.96. The van der Waals surface area contributed by atoms with Gasteiger partial charge in [0.1, 0.15) is 0 Å². The van der Waals surface area contributed by atoms with Gasteiger partial charge in [0.25, 0.3) is 0 Å². The van der Waals surface area contributed by atoms with Crippen molar-refractivity contribution < 1.29 is 0 Å². The zero-order valence-corrected chi connectivity index (χ0v) is 9.78. The Hall–Kier alpha value is 0.310. The largest absolute Gasteiger partial charge is 0.327 e. The van der Waals surface area contributed by atoms with Crippen molar-refractivity contribution in [2.75, 3.05) is 5.75 Å². The lowest BCUT2D eigenvalue weighted by molar-refractivity contribution is 0.319. The summed E-state index contributed by atoms with van der Waals surface area (Å²) >= 11 is 2.01. The van der Waals surface area contributed by atoms with Gasteiger partial charge in [0.15, 0.2) is 0 Å². The summed E-state index contributed by atoms with van der Waals surface area (Å²) in [5.41, 5.74) is 6.18. The van der Waals surface area contributed by atoms with Crippen LogP contribution in [0.3, 0.4) is 0 Å². The fourth-order valence-corrected chi connectivity index (χ4v) is 2.88. The lowest BCUT2D eigenvalue weighted by Gasteiger charge is -2.27. The summed E-state index contributed by atoms with van der Waals surface area (Å²) in [5, 5.41) is 0.731. The molecule has 78 valence electrons. The molecule has 13 heavy (non-hydrogen) atoms. The van der Waals surface area contributed by atoms with Crippen LogP contribution < -0.4 is 5.73 Å². The Bertz CT molecular complexity index is 130. The Balaban J connectivity index is 2.17. The first kappa shape index (κ1) is 11.4. The molecule has 1 unspecified atom stereocenters. The minimum absolute atomic E-state index is 0.452. The van der Waals surface area contributed by atoms with E-state index < -0.39 is 0 Å². The summed E-state index contributed by atoms with van der Waals surface area (Å²) in [6.07, 6.45) is 7.00. The van der Waals surface area contributed by atoms with Crippen LogP contribution in [-0.2, 0) is 0 Å². The van der Waals surface area contributed by atoms with Gasteiger partial charge in [0.05, 0.1) is 0 Å². The summed E-state index contributed by atoms with van der Waals surface area (Å²) in [5.74, 6) is 1.97. The van der Waals surface area contributed by atoms with Gasteiger partial charge in [0.2, 0.25) is 0 Å². The zero-order chi connectivity index (χ0) is 9.68. The van der Waals surface area contributed by atoms with Crippen molar-refractivity contribution in [2.45, 2.75) is 57.2 Å². The second-order valence-corrected chi connectivity index (χ2v) is 6.05. The van der Waals surface area contributed by atoms with Crippen LogP contribution in [0.1, 0.15) is 46.0 Å². The van der Waals surface area contributed by atoms with Gasteiger partial charge in [-0.15, -0.1) is 0 Å². The Morgan fingerprint density at radius 2 is 1.85 bits per heavy atom. The maximum Gasteiger partial charge on any atom is 0.0159 e. The van der Waals surface area contributed by atoms with E-state index in [2.05, 4.69) is 13.8 Å². The molecule has 0 saturated heterocycles. The Labute approximate surface area is 86.8 Å². The molecular weight excluding hydrogens is 178 g/mol. The Morgan fingerprint density at radius 1 is 1.23 bits per heavy atom. The molecule has 0 amide bonds. The maximum atomic E-state index is 6.18. The molecular formula is C11H23NS. The van der Waals surface area contributed by atoms with Gasteiger partial charge >= 0.3 is 0 Å². The molecule has 1 rings (SSSR count). The summed E-state index contributed by atoms with van der Waals surface area (Å²) in [7, 11) is 0. The summed E-state index contributed by atoms with van der Waals surface area (Å²) in [4.78, 5) is 0. The topological polar surface area (TPSA) is 26.0 Å². The molecule has 0 aliphatic heterocycles. The predicted molar refractivity (Wildman–Crippen MR) is 62.1 cm³/mol. The van der Waals surface area contributed by atoms with Gasteiger partial charge in [0, 0.05) is 11.8 Å². The monoisotopic (exact) mass is 201 g/mol. The number of hydrogen-bond acceptors (Lipinski definition) is 2. The number of thioether (sulfide) groups is 1. The van der Waals surface area contributed by atoms with E-state index in [0.717, 1.165) is 16.9 Å². The average Bonchev–Trinajstić information content (AvgIpc) is 2.15. The highest BCUT2D eigenvalue weighted by molar-refractivity contribution is 7.99. The average molecular weight is 201 g/mol. The van der Waals surface area contributed by atoms with Crippen LogP contribution in [0.5, 0.6) is 0 Å². The van der Waals surface area contributed by atoms with Crippen molar-refractivity contribution in [3.05, 3.63) is 0 Å². The highest BCUT2D eigenvalue weighted by atomic mass is 32.2. The molecule has 0 aromatic heterocycles. The van der Waals surface area contributed by atoms with Crippen LogP contribution in [0, 0.1) is 5.92 Å². The lowest BCUT2D eigenvalue weighted by Crippen LogP contribution is -2.34. The van der Waals surface area contributed by atoms with Crippen molar-refractivity contribution in [3.63, 3.8) is 0 Å². The van der Waals surface area contributed by atoms with Gasteiger partial charge in [-0.05, 0) is 24.0 Å². The van der Waals surface area contributed by atoms with Crippen molar-refractivity contribution >= 4 is 11.8 Å². The van der Waals surface area contributed by atoms with E-state index >= 15 is 0 Å². The standard InChI is InChI=1S/C11H23NS/c1-9(2)13-8-11(12)10-6-4-3-5-7-10/h9-11H,3-8,12H2,1-2H3. The number of hydrogen-bond donors (Lipinski definition) is 1. The molecule has 1 aliphatic carbocycles. The third-order valence-electron chi connectivity index (χ3n) is 2.88. The highest BCUT2D eigenvalue weighted by Crippen LogP contribution is 2.27. The molecule has 0 heterocycles. The quantitative estimate of drug-likeness (QED) is 0.756. The SMILES string of the molecule is CC(C)SCC(N)C1CCCCC1. The minimum atomic E-state index is 0.452. The normalized spacial score (nSPS) is 22.2. The van der Waals surface area contributed by atoms with E-state index in [4.69, 9.17) is 5.73 Å². The van der Waals surface area contributed by atoms with Crippen molar-refractivity contribution in [3.8, 4) is 0 Å². The highest BCUT2D eigenvalue weighted by Gasteiger charge is 2.20. The summed E-state index contributed by atoms with van der Waals surface area (Å²) in [6, 6.07) is 0.452. The third kappa shape index (κ3) is 4.37. The van der Waals surface area contributed by atoms with E-state index in [1.807, 2.05) is 11.8 Å². The summed E-state index contributed by atoms with van der Waals surface area (Å²) < 4.78 is 0. The Morgan fingerprint density at radius 3 is 2.38 bits per heavy atom. The molecule has 0 aromatic carbocycles. The van der Waals surface area contributed by atoms with E-state index in [1.165, 1.54) is 32.1 Å². The van der Waals surface area contributed by atoms with Gasteiger partial charge in [-0.1, -0.05) is 33.1 Å². The molecule has 1 fully saturated rings. The number of rotatable bonds is 4. The minimum Gasteiger partial charge on any atom is -0.327 e. The van der Waals surface area contributed by atoms with Crippen molar-refractivity contribution in [1.82, 2.24) is 0 Å². The molecule has 0 bridgehead atoms. The molecule has 0 spiro atoms. The molecule has 2 heteroatoms. The molecule has 1 saturated carbocycles. The number of nitrogens with two attached hydrogens (primary N) is 1. The van der Waals surface area contributed by atoms with Crippen molar-refractivity contribution in [2.24, 2.45) is 11.7 Å². The van der Waals surface area contributed by atoms with E-state index in [1.54, 1.807) is 0 Å². The molecule has 1 nitrogen and oxygen atoms in total. The van der Waals surface area contributed by atoms with Gasteiger partial charge in [-0.2, -0.15) is 11.8 Å². The molecule has 1 aliphatic rings. The van der Waals surface area contributed by atoms with E-state index in [9.17, 15) is 0 Å². The molecule has 0 radical (unpaired) electrons. The van der Waals surface area contributed by atoms with Gasteiger partial charge in [-0.3, -0.25) is 0 Å². The van der Waals surface area contributed by atoms with E-state index in [0.29, 0.717) is 6.04 Å². The fourth-order valence-electron chi connectivity index (χ4n) is 2.00. The van der Waals surface area contributed by atoms with Crippen LogP contribution in [0.15, 0.2) is 0 Å². The fraction of sp³-hybridized carbons (Fsp3) is 1.00. The second-order valence-electron chi connectivity index (χ2n) is 4.44. The van der Waals surface area contributed by atoms with Crippen molar-refractivity contribution in [1.29, 1.82) is 0 Å². The second kappa shape index (κ2) is 5.92. The first-order valence-corrected chi connectivity index (χ1v) is 6.62. The van der Waals surface area contributed by atoms with Gasteiger partial charge < -0.3 is 5.73 Å². The first-order valence-electron chi connectivity index (χ1n) is 5.57. The van der Waals surface area contributed by atoms with Crippen LogP contribution in [-0.4, -0.2) is 17.0 Å². The summed E-state index contributed by atoms with van der Waals surface area (Å²) in [6.45, 7) is 4.50. The van der Waals surface area contributed by atoms with Crippen LogP contribution in [0.25, 0.3) is 0 Å². The van der Waals surface area contributed by atoms with Crippen LogP contribution >= 0.6 is 11.8 Å².